The maximum absolute atomic E-state index is 12.1. The highest BCUT2D eigenvalue weighted by Crippen LogP contribution is 2.25. The summed E-state index contributed by atoms with van der Waals surface area (Å²) in [4.78, 5) is 14.1. The smallest absolute Gasteiger partial charge is 0.315 e. The van der Waals surface area contributed by atoms with Crippen molar-refractivity contribution in [2.24, 2.45) is 0 Å². The Morgan fingerprint density at radius 2 is 2.21 bits per heavy atom. The maximum Gasteiger partial charge on any atom is 0.315 e. The lowest BCUT2D eigenvalue weighted by molar-refractivity contribution is -0.142. The normalized spacial score (nSPS) is 12.1. The first-order valence-electron chi connectivity index (χ1n) is 3.83. The van der Waals surface area contributed by atoms with Gasteiger partial charge in [0.25, 0.3) is 5.89 Å². The first-order valence-corrected chi connectivity index (χ1v) is 3.83. The minimum Gasteiger partial charge on any atom is -0.481 e. The Labute approximate surface area is 78.6 Å². The largest absolute Gasteiger partial charge is 0.481 e. The third-order valence-electron chi connectivity index (χ3n) is 1.88. The molecule has 6 heteroatoms. The standard InChI is InChI=1S/C8H9F2NO3/c1-8(2,7(12)13)4-3-14-6(11-4)5(9)10/h3,5H,1-2H3,(H,12,13). The van der Waals surface area contributed by atoms with Crippen LogP contribution in [-0.2, 0) is 10.2 Å². The van der Waals surface area contributed by atoms with Crippen LogP contribution in [0.4, 0.5) is 8.78 Å². The van der Waals surface area contributed by atoms with Crippen molar-refractivity contribution in [3.63, 3.8) is 0 Å². The summed E-state index contributed by atoms with van der Waals surface area (Å²) >= 11 is 0. The number of hydrogen-bond donors (Lipinski definition) is 1. The Morgan fingerprint density at radius 1 is 1.64 bits per heavy atom. The molecule has 1 rings (SSSR count). The van der Waals surface area contributed by atoms with E-state index in [9.17, 15) is 13.6 Å². The van der Waals surface area contributed by atoms with Crippen LogP contribution in [0.15, 0.2) is 10.7 Å². The molecule has 78 valence electrons. The van der Waals surface area contributed by atoms with Crippen molar-refractivity contribution in [1.82, 2.24) is 4.98 Å². The number of nitrogens with zero attached hydrogens (tertiary/aromatic N) is 1. The van der Waals surface area contributed by atoms with Crippen molar-refractivity contribution in [2.75, 3.05) is 0 Å². The molecule has 0 radical (unpaired) electrons. The topological polar surface area (TPSA) is 63.3 Å². The molecule has 0 fully saturated rings. The molecule has 0 aliphatic carbocycles. The summed E-state index contributed by atoms with van der Waals surface area (Å²) in [5, 5.41) is 8.77. The molecule has 14 heavy (non-hydrogen) atoms. The highest BCUT2D eigenvalue weighted by molar-refractivity contribution is 5.79. The third kappa shape index (κ3) is 1.73. The zero-order valence-corrected chi connectivity index (χ0v) is 7.62. The van der Waals surface area contributed by atoms with Crippen LogP contribution in [0.3, 0.4) is 0 Å². The molecule has 1 N–H and O–H groups in total. The third-order valence-corrected chi connectivity index (χ3v) is 1.88. The van der Waals surface area contributed by atoms with Crippen LogP contribution in [0.2, 0.25) is 0 Å². The molecule has 4 nitrogen and oxygen atoms in total. The van der Waals surface area contributed by atoms with Crippen molar-refractivity contribution >= 4 is 5.97 Å². The second-order valence-electron chi connectivity index (χ2n) is 3.30. The second kappa shape index (κ2) is 3.36. The number of alkyl halides is 2. The van der Waals surface area contributed by atoms with E-state index in [2.05, 4.69) is 9.40 Å². The summed E-state index contributed by atoms with van der Waals surface area (Å²) in [6.07, 6.45) is -1.89. The van der Waals surface area contributed by atoms with E-state index in [0.29, 0.717) is 0 Å². The van der Waals surface area contributed by atoms with Crippen molar-refractivity contribution < 1.29 is 23.1 Å². The molecule has 0 amide bonds. The number of carbonyl (C=O) groups is 1. The van der Waals surface area contributed by atoms with Crippen LogP contribution in [0.1, 0.15) is 31.9 Å². The molecule has 1 heterocycles. The van der Waals surface area contributed by atoms with Crippen molar-refractivity contribution in [3.8, 4) is 0 Å². The van der Waals surface area contributed by atoms with E-state index in [4.69, 9.17) is 5.11 Å². The van der Waals surface area contributed by atoms with E-state index in [1.54, 1.807) is 0 Å². The first kappa shape index (κ1) is 10.6. The lowest BCUT2D eigenvalue weighted by atomic mass is 9.90. The van der Waals surface area contributed by atoms with E-state index >= 15 is 0 Å². The summed E-state index contributed by atoms with van der Waals surface area (Å²) in [5.74, 6) is -1.90. The van der Waals surface area contributed by atoms with Gasteiger partial charge in [0.05, 0.1) is 5.69 Å². The number of rotatable bonds is 3. The van der Waals surface area contributed by atoms with Gasteiger partial charge < -0.3 is 9.52 Å². The molecule has 0 aliphatic rings. The van der Waals surface area contributed by atoms with Gasteiger partial charge >= 0.3 is 12.4 Å². The molecule has 1 aromatic rings. The van der Waals surface area contributed by atoms with Gasteiger partial charge in [-0.2, -0.15) is 8.78 Å². The average molecular weight is 205 g/mol. The van der Waals surface area contributed by atoms with Gasteiger partial charge in [-0.3, -0.25) is 4.79 Å². The van der Waals surface area contributed by atoms with E-state index in [1.165, 1.54) is 13.8 Å². The average Bonchev–Trinajstić information content (AvgIpc) is 2.51. The molecule has 0 aliphatic heterocycles. The van der Waals surface area contributed by atoms with Gasteiger partial charge in [-0.15, -0.1) is 0 Å². The highest BCUT2D eigenvalue weighted by Gasteiger charge is 2.33. The molecule has 0 bridgehead atoms. The van der Waals surface area contributed by atoms with Crippen molar-refractivity contribution in [1.29, 1.82) is 0 Å². The summed E-state index contributed by atoms with van der Waals surface area (Å²) in [7, 11) is 0. The number of carboxylic acid groups (broad SMARTS) is 1. The molecule has 0 unspecified atom stereocenters. The number of hydrogen-bond acceptors (Lipinski definition) is 3. The van der Waals surface area contributed by atoms with Gasteiger partial charge in [0, 0.05) is 0 Å². The van der Waals surface area contributed by atoms with Gasteiger partial charge in [0.1, 0.15) is 11.7 Å². The summed E-state index contributed by atoms with van der Waals surface area (Å²) < 4.78 is 28.6. The fourth-order valence-corrected chi connectivity index (χ4v) is 0.784. The predicted molar refractivity (Wildman–Crippen MR) is 42.1 cm³/mol. The lowest BCUT2D eigenvalue weighted by Crippen LogP contribution is -2.28. The van der Waals surface area contributed by atoms with Gasteiger partial charge in [0.15, 0.2) is 0 Å². The summed E-state index contributed by atoms with van der Waals surface area (Å²) in [5.41, 5.74) is -1.34. The summed E-state index contributed by atoms with van der Waals surface area (Å²) in [6.45, 7) is 2.73. The predicted octanol–water partition coefficient (Wildman–Crippen LogP) is 1.97. The van der Waals surface area contributed by atoms with Crippen LogP contribution in [0.25, 0.3) is 0 Å². The van der Waals surface area contributed by atoms with Gasteiger partial charge in [0.2, 0.25) is 0 Å². The monoisotopic (exact) mass is 205 g/mol. The molecule has 0 saturated heterocycles. The molecule has 0 aromatic carbocycles. The number of aliphatic carboxylic acids is 1. The minimum atomic E-state index is -2.83. The Kier molecular flexibility index (Phi) is 2.55. The number of oxazole rings is 1. The molecular weight excluding hydrogens is 196 g/mol. The van der Waals surface area contributed by atoms with Gasteiger partial charge in [-0.05, 0) is 13.8 Å². The van der Waals surface area contributed by atoms with Crippen LogP contribution < -0.4 is 0 Å². The quantitative estimate of drug-likeness (QED) is 0.819. The molecule has 1 aromatic heterocycles. The fourth-order valence-electron chi connectivity index (χ4n) is 0.784. The van der Waals surface area contributed by atoms with E-state index < -0.39 is 23.7 Å². The first-order chi connectivity index (χ1) is 6.35. The van der Waals surface area contributed by atoms with Crippen LogP contribution in [0, 0.1) is 0 Å². The SMILES string of the molecule is CC(C)(C(=O)O)c1coc(C(F)F)n1. The highest BCUT2D eigenvalue weighted by atomic mass is 19.3. The van der Waals surface area contributed by atoms with Crippen LogP contribution in [0.5, 0.6) is 0 Å². The number of aromatic nitrogens is 1. The molecular formula is C8H9F2NO3. The zero-order chi connectivity index (χ0) is 10.9. The summed E-state index contributed by atoms with van der Waals surface area (Å²) in [6, 6.07) is 0. The Bertz CT molecular complexity index is 346. The van der Waals surface area contributed by atoms with Crippen molar-refractivity contribution in [3.05, 3.63) is 17.8 Å². The minimum absolute atomic E-state index is 0.0136. The molecule has 0 saturated carbocycles. The van der Waals surface area contributed by atoms with E-state index in [1.807, 2.05) is 0 Å². The molecule has 0 atom stereocenters. The molecule has 0 spiro atoms. The lowest BCUT2D eigenvalue weighted by Gasteiger charge is -2.14. The van der Waals surface area contributed by atoms with Crippen LogP contribution in [-0.4, -0.2) is 16.1 Å². The van der Waals surface area contributed by atoms with E-state index in [-0.39, 0.29) is 5.69 Å². The number of carboxylic acids is 1. The Morgan fingerprint density at radius 3 is 2.57 bits per heavy atom. The van der Waals surface area contributed by atoms with E-state index in [0.717, 1.165) is 6.26 Å². The number of halogens is 2. The van der Waals surface area contributed by atoms with Crippen molar-refractivity contribution in [2.45, 2.75) is 25.7 Å². The maximum atomic E-state index is 12.1. The van der Waals surface area contributed by atoms with Gasteiger partial charge in [-0.1, -0.05) is 0 Å². The van der Waals surface area contributed by atoms with Crippen LogP contribution >= 0.6 is 0 Å². The fraction of sp³-hybridized carbons (Fsp3) is 0.500. The zero-order valence-electron chi connectivity index (χ0n) is 7.62. The second-order valence-corrected chi connectivity index (χ2v) is 3.30. The Balaban J connectivity index is 3.03. The van der Waals surface area contributed by atoms with Gasteiger partial charge in [-0.25, -0.2) is 4.98 Å². The Hall–Kier alpha value is -1.46.